The molecule has 1 aliphatic rings. The maximum Gasteiger partial charge on any atom is 0.573 e. The lowest BCUT2D eigenvalue weighted by molar-refractivity contribution is -0.275. The van der Waals surface area contributed by atoms with Gasteiger partial charge in [0.05, 0.1) is 0 Å². The fourth-order valence-electron chi connectivity index (χ4n) is 2.69. The molecule has 1 aliphatic carbocycles. The Morgan fingerprint density at radius 3 is 2.60 bits per heavy atom. The molecule has 2 unspecified atom stereocenters. The van der Waals surface area contributed by atoms with E-state index in [0.717, 1.165) is 32.4 Å². The number of alkyl halides is 3. The Kier molecular flexibility index (Phi) is 4.91. The van der Waals surface area contributed by atoms with E-state index in [4.69, 9.17) is 0 Å². The molecule has 0 heterocycles. The highest BCUT2D eigenvalue weighted by molar-refractivity contribution is 5.38. The van der Waals surface area contributed by atoms with Gasteiger partial charge in [0, 0.05) is 0 Å². The number of rotatable bonds is 6. The average Bonchev–Trinajstić information content (AvgIpc) is 2.34. The minimum atomic E-state index is -4.63. The molecule has 20 heavy (non-hydrogen) atoms. The minimum Gasteiger partial charge on any atom is -0.405 e. The molecule has 1 aromatic rings. The Labute approximate surface area is 117 Å². The normalized spacial score (nSPS) is 22.4. The zero-order valence-corrected chi connectivity index (χ0v) is 11.5. The van der Waals surface area contributed by atoms with E-state index in [1.165, 1.54) is 6.07 Å². The van der Waals surface area contributed by atoms with Crippen LogP contribution in [0.3, 0.4) is 0 Å². The largest absolute Gasteiger partial charge is 0.573 e. The highest BCUT2D eigenvalue weighted by Crippen LogP contribution is 2.46. The zero-order chi connectivity index (χ0) is 14.6. The summed E-state index contributed by atoms with van der Waals surface area (Å²) in [5.74, 6) is 0.516. The van der Waals surface area contributed by atoms with Crippen LogP contribution in [0.5, 0.6) is 5.75 Å². The van der Waals surface area contributed by atoms with Gasteiger partial charge in [-0.1, -0.05) is 25.1 Å². The number of para-hydroxylation sites is 1. The van der Waals surface area contributed by atoms with Crippen LogP contribution < -0.4 is 10.1 Å². The van der Waals surface area contributed by atoms with Gasteiger partial charge in [0.15, 0.2) is 0 Å². The molecule has 2 atom stereocenters. The van der Waals surface area contributed by atoms with E-state index in [2.05, 4.69) is 17.0 Å². The summed E-state index contributed by atoms with van der Waals surface area (Å²) < 4.78 is 41.4. The van der Waals surface area contributed by atoms with Crippen LogP contribution in [0.4, 0.5) is 13.2 Å². The molecule has 1 N–H and O–H groups in total. The molecule has 5 heteroatoms. The van der Waals surface area contributed by atoms with Gasteiger partial charge in [-0.15, -0.1) is 13.2 Å². The summed E-state index contributed by atoms with van der Waals surface area (Å²) in [5, 5.41) is 3.34. The molecule has 112 valence electrons. The van der Waals surface area contributed by atoms with Crippen molar-refractivity contribution >= 4 is 0 Å². The van der Waals surface area contributed by atoms with Crippen molar-refractivity contribution < 1.29 is 17.9 Å². The van der Waals surface area contributed by atoms with Crippen molar-refractivity contribution in [3.05, 3.63) is 29.8 Å². The fourth-order valence-corrected chi connectivity index (χ4v) is 2.69. The molecular weight excluding hydrogens is 267 g/mol. The number of hydrogen-bond donors (Lipinski definition) is 1. The second-order valence-electron chi connectivity index (χ2n) is 5.23. The predicted molar refractivity (Wildman–Crippen MR) is 71.8 cm³/mol. The third-order valence-corrected chi connectivity index (χ3v) is 3.79. The van der Waals surface area contributed by atoms with Gasteiger partial charge < -0.3 is 10.1 Å². The lowest BCUT2D eigenvalue weighted by Gasteiger charge is -2.38. The molecule has 0 amide bonds. The third-order valence-electron chi connectivity index (χ3n) is 3.79. The van der Waals surface area contributed by atoms with E-state index in [0.29, 0.717) is 11.5 Å². The highest BCUT2D eigenvalue weighted by Gasteiger charge is 2.37. The van der Waals surface area contributed by atoms with E-state index in [9.17, 15) is 13.2 Å². The predicted octanol–water partition coefficient (Wildman–Crippen LogP) is 4.08. The number of hydrogen-bond acceptors (Lipinski definition) is 2. The first-order valence-corrected chi connectivity index (χ1v) is 7.06. The van der Waals surface area contributed by atoms with Crippen LogP contribution in [0.15, 0.2) is 24.3 Å². The smallest absolute Gasteiger partial charge is 0.405 e. The van der Waals surface area contributed by atoms with Gasteiger partial charge in [0.25, 0.3) is 0 Å². The molecule has 0 bridgehead atoms. The molecule has 1 saturated carbocycles. The van der Waals surface area contributed by atoms with Gasteiger partial charge >= 0.3 is 6.36 Å². The van der Waals surface area contributed by atoms with Crippen molar-refractivity contribution in [1.82, 2.24) is 5.32 Å². The highest BCUT2D eigenvalue weighted by atomic mass is 19.4. The summed E-state index contributed by atoms with van der Waals surface area (Å²) in [4.78, 5) is 0. The van der Waals surface area contributed by atoms with Gasteiger partial charge in [0.2, 0.25) is 0 Å². The van der Waals surface area contributed by atoms with E-state index in [-0.39, 0.29) is 11.7 Å². The standard InChI is InChI=1S/C15H20F3NO/c1-2-9-19-10-11-7-8-12(11)13-5-3-4-6-14(13)20-15(16,17)18/h3-6,11-12,19H,2,7-10H2,1H3. The molecule has 0 aromatic heterocycles. The average molecular weight is 287 g/mol. The SMILES string of the molecule is CCCNCC1CCC1c1ccccc1OC(F)(F)F. The van der Waals surface area contributed by atoms with E-state index < -0.39 is 6.36 Å². The Balaban J connectivity index is 2.04. The third kappa shape index (κ3) is 3.88. The first kappa shape index (κ1) is 15.2. The molecule has 2 rings (SSSR count). The fraction of sp³-hybridized carbons (Fsp3) is 0.600. The number of halogens is 3. The number of ether oxygens (including phenoxy) is 1. The van der Waals surface area contributed by atoms with Gasteiger partial charge in [0.1, 0.15) is 5.75 Å². The summed E-state index contributed by atoms with van der Waals surface area (Å²) in [6, 6.07) is 6.50. The van der Waals surface area contributed by atoms with Crippen molar-refractivity contribution in [2.75, 3.05) is 13.1 Å². The Hall–Kier alpha value is -1.23. The maximum absolute atomic E-state index is 12.4. The Bertz CT molecular complexity index is 433. The second-order valence-corrected chi connectivity index (χ2v) is 5.23. The van der Waals surface area contributed by atoms with Crippen LogP contribution in [-0.2, 0) is 0 Å². The van der Waals surface area contributed by atoms with Crippen molar-refractivity contribution in [2.24, 2.45) is 5.92 Å². The van der Waals surface area contributed by atoms with Crippen LogP contribution in [0.1, 0.15) is 37.7 Å². The Morgan fingerprint density at radius 1 is 1.25 bits per heavy atom. The molecule has 2 nitrogen and oxygen atoms in total. The van der Waals surface area contributed by atoms with Crippen LogP contribution in [-0.4, -0.2) is 19.5 Å². The molecule has 0 aliphatic heterocycles. The van der Waals surface area contributed by atoms with Crippen molar-refractivity contribution in [3.63, 3.8) is 0 Å². The van der Waals surface area contributed by atoms with Crippen molar-refractivity contribution in [1.29, 1.82) is 0 Å². The molecule has 1 fully saturated rings. The first-order valence-electron chi connectivity index (χ1n) is 7.06. The van der Waals surface area contributed by atoms with Gasteiger partial charge in [-0.2, -0.15) is 0 Å². The maximum atomic E-state index is 12.4. The van der Waals surface area contributed by atoms with Gasteiger partial charge in [-0.05, 0) is 55.8 Å². The minimum absolute atomic E-state index is 0.0507. The van der Waals surface area contributed by atoms with Crippen LogP contribution in [0, 0.1) is 5.92 Å². The quantitative estimate of drug-likeness (QED) is 0.796. The summed E-state index contributed by atoms with van der Waals surface area (Å²) in [6.07, 6.45) is -1.58. The van der Waals surface area contributed by atoms with Crippen LogP contribution >= 0.6 is 0 Å². The molecule has 1 aromatic carbocycles. The molecule has 0 radical (unpaired) electrons. The number of benzene rings is 1. The van der Waals surface area contributed by atoms with E-state index in [1.807, 2.05) is 0 Å². The second kappa shape index (κ2) is 6.48. The lowest BCUT2D eigenvalue weighted by atomic mass is 9.69. The van der Waals surface area contributed by atoms with Gasteiger partial charge in [-0.3, -0.25) is 0 Å². The summed E-state index contributed by atoms with van der Waals surface area (Å²) in [5.41, 5.74) is 0.680. The molecule has 0 saturated heterocycles. The van der Waals surface area contributed by atoms with Crippen LogP contribution in [0.25, 0.3) is 0 Å². The van der Waals surface area contributed by atoms with E-state index >= 15 is 0 Å². The van der Waals surface area contributed by atoms with Crippen LogP contribution in [0.2, 0.25) is 0 Å². The Morgan fingerprint density at radius 2 is 2.00 bits per heavy atom. The zero-order valence-electron chi connectivity index (χ0n) is 11.5. The molecular formula is C15H20F3NO. The lowest BCUT2D eigenvalue weighted by Crippen LogP contribution is -2.34. The summed E-state index contributed by atoms with van der Waals surface area (Å²) in [6.45, 7) is 3.90. The molecule has 0 spiro atoms. The first-order chi connectivity index (χ1) is 9.51. The van der Waals surface area contributed by atoms with Gasteiger partial charge in [-0.25, -0.2) is 0 Å². The summed E-state index contributed by atoms with van der Waals surface area (Å²) >= 11 is 0. The van der Waals surface area contributed by atoms with E-state index in [1.54, 1.807) is 18.2 Å². The summed E-state index contributed by atoms with van der Waals surface area (Å²) in [7, 11) is 0. The topological polar surface area (TPSA) is 21.3 Å². The number of nitrogens with one attached hydrogen (secondary N) is 1. The monoisotopic (exact) mass is 287 g/mol. The van der Waals surface area contributed by atoms with Crippen molar-refractivity contribution in [2.45, 2.75) is 38.5 Å². The van der Waals surface area contributed by atoms with Crippen molar-refractivity contribution in [3.8, 4) is 5.75 Å².